The third kappa shape index (κ3) is 3.10. The number of likely N-dealkylation sites (tertiary alicyclic amines) is 1. The van der Waals surface area contributed by atoms with Gasteiger partial charge < -0.3 is 19.5 Å². The van der Waals surface area contributed by atoms with Gasteiger partial charge in [-0.15, -0.1) is 0 Å². The summed E-state index contributed by atoms with van der Waals surface area (Å²) in [7, 11) is 0. The number of hydrogen-bond donors (Lipinski definition) is 1. The fourth-order valence-electron chi connectivity index (χ4n) is 4.34. The zero-order valence-electron chi connectivity index (χ0n) is 16.8. The van der Waals surface area contributed by atoms with E-state index in [1.165, 1.54) is 4.90 Å². The van der Waals surface area contributed by atoms with E-state index in [1.54, 1.807) is 6.26 Å². The van der Waals surface area contributed by atoms with E-state index in [0.717, 1.165) is 33.9 Å². The van der Waals surface area contributed by atoms with Crippen LogP contribution < -0.4 is 11.4 Å². The van der Waals surface area contributed by atoms with Crippen molar-refractivity contribution in [1.29, 1.82) is 0 Å². The highest BCUT2D eigenvalue weighted by molar-refractivity contribution is 5.99. The number of carbonyl (C=O) groups is 2. The monoisotopic (exact) mass is 396 g/mol. The molecule has 7 heteroatoms. The minimum Gasteiger partial charge on any atom is -0.464 e. The van der Waals surface area contributed by atoms with Gasteiger partial charge in [-0.05, 0) is 57.2 Å². The second-order valence-electron chi connectivity index (χ2n) is 7.81. The van der Waals surface area contributed by atoms with Crippen LogP contribution in [0.25, 0.3) is 21.9 Å². The normalized spacial score (nSPS) is 16.8. The summed E-state index contributed by atoms with van der Waals surface area (Å²) < 4.78 is 11.2. The molecule has 0 saturated carbocycles. The van der Waals surface area contributed by atoms with Crippen molar-refractivity contribution in [3.63, 3.8) is 0 Å². The maximum absolute atomic E-state index is 12.7. The van der Waals surface area contributed by atoms with E-state index in [-0.39, 0.29) is 18.7 Å². The third-order valence-electron chi connectivity index (χ3n) is 6.03. The molecule has 1 fully saturated rings. The molecule has 1 atom stereocenters. The van der Waals surface area contributed by atoms with Crippen LogP contribution in [-0.2, 0) is 16.0 Å². The van der Waals surface area contributed by atoms with Crippen molar-refractivity contribution in [2.75, 3.05) is 6.54 Å². The van der Waals surface area contributed by atoms with Gasteiger partial charge in [0, 0.05) is 34.9 Å². The zero-order valence-corrected chi connectivity index (χ0v) is 16.8. The number of benzene rings is 1. The van der Waals surface area contributed by atoms with Crippen molar-refractivity contribution in [1.82, 2.24) is 4.90 Å². The molecule has 0 spiro atoms. The number of furan rings is 1. The first-order valence-electron chi connectivity index (χ1n) is 9.82. The lowest BCUT2D eigenvalue weighted by molar-refractivity contribution is -0.137. The fraction of sp³-hybridized carbons (Fsp3) is 0.409. The molecule has 2 aromatic heterocycles. The SMILES string of the molecule is Cc1coc2c(C)c3oc(=O)c(CCC(=O)N4CCCC4C(N)=O)c(C)c3cc12. The minimum atomic E-state index is -0.545. The molecule has 1 aliphatic heterocycles. The standard InChI is InChI=1S/C22H24N2O5/c1-11-10-28-19-13(3)20-16(9-15(11)19)12(2)14(22(27)29-20)6-7-18(25)24-8-4-5-17(24)21(23)26/h9-10,17H,4-8H2,1-3H3,(H2,23,26). The number of fused-ring (bicyclic) bond motifs is 2. The Morgan fingerprint density at radius 1 is 1.17 bits per heavy atom. The van der Waals surface area contributed by atoms with Gasteiger partial charge in [0.05, 0.1) is 6.26 Å². The average Bonchev–Trinajstić information content (AvgIpc) is 3.30. The summed E-state index contributed by atoms with van der Waals surface area (Å²) in [6.07, 6.45) is 3.43. The molecule has 0 bridgehead atoms. The molecule has 4 rings (SSSR count). The number of amides is 2. The molecular weight excluding hydrogens is 372 g/mol. The predicted octanol–water partition coefficient (Wildman–Crippen LogP) is 2.87. The summed E-state index contributed by atoms with van der Waals surface area (Å²) in [4.78, 5) is 38.4. The molecule has 152 valence electrons. The van der Waals surface area contributed by atoms with Gasteiger partial charge >= 0.3 is 5.63 Å². The van der Waals surface area contributed by atoms with Gasteiger partial charge in [0.1, 0.15) is 17.2 Å². The third-order valence-corrected chi connectivity index (χ3v) is 6.03. The van der Waals surface area contributed by atoms with Gasteiger partial charge in [0.2, 0.25) is 11.8 Å². The lowest BCUT2D eigenvalue weighted by atomic mass is 9.98. The number of carbonyl (C=O) groups excluding carboxylic acids is 2. The van der Waals surface area contributed by atoms with Crippen molar-refractivity contribution in [3.8, 4) is 0 Å². The maximum Gasteiger partial charge on any atom is 0.339 e. The summed E-state index contributed by atoms with van der Waals surface area (Å²) in [6, 6.07) is 1.43. The van der Waals surface area contributed by atoms with Gasteiger partial charge in [-0.1, -0.05) is 0 Å². The number of rotatable bonds is 4. The van der Waals surface area contributed by atoms with Gasteiger partial charge in [0.15, 0.2) is 0 Å². The Kier molecular flexibility index (Phi) is 4.68. The lowest BCUT2D eigenvalue weighted by Gasteiger charge is -2.22. The van der Waals surface area contributed by atoms with E-state index in [1.807, 2.05) is 26.8 Å². The largest absolute Gasteiger partial charge is 0.464 e. The van der Waals surface area contributed by atoms with Gasteiger partial charge in [-0.25, -0.2) is 4.79 Å². The van der Waals surface area contributed by atoms with Gasteiger partial charge in [-0.2, -0.15) is 0 Å². The number of aryl methyl sites for hydroxylation is 3. The van der Waals surface area contributed by atoms with Crippen LogP contribution in [0.2, 0.25) is 0 Å². The van der Waals surface area contributed by atoms with Crippen LogP contribution in [0.3, 0.4) is 0 Å². The summed E-state index contributed by atoms with van der Waals surface area (Å²) in [5.41, 5.74) is 9.28. The topological polar surface area (TPSA) is 107 Å². The Bertz CT molecular complexity index is 1200. The van der Waals surface area contributed by atoms with Crippen LogP contribution in [0.4, 0.5) is 0 Å². The summed E-state index contributed by atoms with van der Waals surface area (Å²) >= 11 is 0. The van der Waals surface area contributed by atoms with E-state index in [4.69, 9.17) is 14.6 Å². The molecule has 1 unspecified atom stereocenters. The van der Waals surface area contributed by atoms with Crippen LogP contribution in [0.15, 0.2) is 26.0 Å². The molecule has 2 amide bonds. The van der Waals surface area contributed by atoms with Crippen LogP contribution in [0.5, 0.6) is 0 Å². The second kappa shape index (κ2) is 7.06. The number of nitrogens with two attached hydrogens (primary N) is 1. The summed E-state index contributed by atoms with van der Waals surface area (Å²) in [5, 5.41) is 1.83. The highest BCUT2D eigenvalue weighted by atomic mass is 16.4. The van der Waals surface area contributed by atoms with E-state index in [0.29, 0.717) is 29.7 Å². The molecule has 1 aromatic carbocycles. The first kappa shape index (κ1) is 19.2. The van der Waals surface area contributed by atoms with Crippen LogP contribution in [-0.4, -0.2) is 29.3 Å². The Morgan fingerprint density at radius 3 is 2.66 bits per heavy atom. The number of hydrogen-bond acceptors (Lipinski definition) is 5. The van der Waals surface area contributed by atoms with Crippen molar-refractivity contribution in [2.24, 2.45) is 5.73 Å². The van der Waals surface area contributed by atoms with E-state index in [9.17, 15) is 14.4 Å². The molecule has 1 saturated heterocycles. The van der Waals surface area contributed by atoms with E-state index >= 15 is 0 Å². The Balaban J connectivity index is 1.68. The van der Waals surface area contributed by atoms with Crippen LogP contribution in [0, 0.1) is 20.8 Å². The lowest BCUT2D eigenvalue weighted by Crippen LogP contribution is -2.43. The Labute approximate surface area is 167 Å². The van der Waals surface area contributed by atoms with Crippen molar-refractivity contribution in [3.05, 3.63) is 45.0 Å². The Morgan fingerprint density at radius 2 is 1.93 bits per heavy atom. The smallest absolute Gasteiger partial charge is 0.339 e. The number of primary amides is 1. The minimum absolute atomic E-state index is 0.132. The summed E-state index contributed by atoms with van der Waals surface area (Å²) in [5.74, 6) is -0.644. The van der Waals surface area contributed by atoms with E-state index in [2.05, 4.69) is 0 Å². The second-order valence-corrected chi connectivity index (χ2v) is 7.81. The number of nitrogens with zero attached hydrogens (tertiary/aromatic N) is 1. The van der Waals surface area contributed by atoms with Crippen LogP contribution in [0.1, 0.15) is 41.5 Å². The first-order valence-corrected chi connectivity index (χ1v) is 9.82. The molecule has 2 N–H and O–H groups in total. The first-order chi connectivity index (χ1) is 13.8. The van der Waals surface area contributed by atoms with E-state index < -0.39 is 17.6 Å². The highest BCUT2D eigenvalue weighted by Gasteiger charge is 2.32. The quantitative estimate of drug-likeness (QED) is 0.683. The maximum atomic E-state index is 12.7. The molecule has 3 heterocycles. The molecule has 0 aliphatic carbocycles. The summed E-state index contributed by atoms with van der Waals surface area (Å²) in [6.45, 7) is 6.24. The fourth-order valence-corrected chi connectivity index (χ4v) is 4.34. The average molecular weight is 396 g/mol. The molecule has 1 aliphatic rings. The Hall–Kier alpha value is -3.09. The molecule has 29 heavy (non-hydrogen) atoms. The van der Waals surface area contributed by atoms with Crippen molar-refractivity contribution in [2.45, 2.75) is 52.5 Å². The zero-order chi connectivity index (χ0) is 20.9. The predicted molar refractivity (Wildman–Crippen MR) is 109 cm³/mol. The molecule has 7 nitrogen and oxygen atoms in total. The molecule has 0 radical (unpaired) electrons. The highest BCUT2D eigenvalue weighted by Crippen LogP contribution is 2.32. The molecule has 3 aromatic rings. The van der Waals surface area contributed by atoms with Gasteiger partial charge in [0.25, 0.3) is 0 Å². The van der Waals surface area contributed by atoms with Crippen LogP contribution >= 0.6 is 0 Å². The molecular formula is C22H24N2O5. The van der Waals surface area contributed by atoms with Crippen molar-refractivity contribution < 1.29 is 18.4 Å². The van der Waals surface area contributed by atoms with Gasteiger partial charge in [-0.3, -0.25) is 9.59 Å². The van der Waals surface area contributed by atoms with Crippen molar-refractivity contribution >= 4 is 33.8 Å².